The lowest BCUT2D eigenvalue weighted by Crippen LogP contribution is -2.14. The molecule has 0 aliphatic rings. The van der Waals surface area contributed by atoms with Crippen LogP contribution < -0.4 is 10.1 Å². The fraction of sp³-hybridized carbons (Fsp3) is 0.545. The van der Waals surface area contributed by atoms with Crippen LogP contribution in [0.2, 0.25) is 0 Å². The predicted molar refractivity (Wildman–Crippen MR) is 58.9 cm³/mol. The molecule has 3 heteroatoms. The van der Waals surface area contributed by atoms with E-state index >= 15 is 0 Å². The average molecular weight is 194 g/mol. The van der Waals surface area contributed by atoms with Crippen molar-refractivity contribution in [3.63, 3.8) is 0 Å². The zero-order valence-corrected chi connectivity index (χ0v) is 9.29. The first kappa shape index (κ1) is 10.8. The van der Waals surface area contributed by atoms with Crippen LogP contribution in [0.5, 0.6) is 5.75 Å². The number of nitrogens with zero attached hydrogens (tertiary/aromatic N) is 1. The van der Waals surface area contributed by atoms with Crippen molar-refractivity contribution < 1.29 is 4.74 Å². The monoisotopic (exact) mass is 194 g/mol. The SMILES string of the molecule is CCC(C)Nc1cc(C)ncc1OC. The van der Waals surface area contributed by atoms with Crippen LogP contribution >= 0.6 is 0 Å². The summed E-state index contributed by atoms with van der Waals surface area (Å²) < 4.78 is 5.22. The first-order valence-electron chi connectivity index (χ1n) is 4.94. The Labute approximate surface area is 85.5 Å². The number of ether oxygens (including phenoxy) is 1. The molecule has 1 N–H and O–H groups in total. The smallest absolute Gasteiger partial charge is 0.160 e. The van der Waals surface area contributed by atoms with Crippen molar-refractivity contribution in [3.05, 3.63) is 18.0 Å². The normalized spacial score (nSPS) is 12.3. The minimum Gasteiger partial charge on any atom is -0.493 e. The maximum absolute atomic E-state index is 5.22. The van der Waals surface area contributed by atoms with Crippen LogP contribution in [0.25, 0.3) is 0 Å². The van der Waals surface area contributed by atoms with E-state index in [1.165, 1.54) is 0 Å². The highest BCUT2D eigenvalue weighted by atomic mass is 16.5. The van der Waals surface area contributed by atoms with Gasteiger partial charge in [-0.3, -0.25) is 4.98 Å². The molecule has 0 fully saturated rings. The highest BCUT2D eigenvalue weighted by Crippen LogP contribution is 2.24. The van der Waals surface area contributed by atoms with Gasteiger partial charge in [0.15, 0.2) is 5.75 Å². The van der Waals surface area contributed by atoms with Crippen LogP contribution in [0.3, 0.4) is 0 Å². The van der Waals surface area contributed by atoms with Crippen LogP contribution in [-0.4, -0.2) is 18.1 Å². The Balaban J connectivity index is 2.87. The van der Waals surface area contributed by atoms with Gasteiger partial charge in [0.05, 0.1) is 19.0 Å². The Morgan fingerprint density at radius 1 is 1.57 bits per heavy atom. The zero-order valence-electron chi connectivity index (χ0n) is 9.29. The Hall–Kier alpha value is -1.25. The molecule has 14 heavy (non-hydrogen) atoms. The highest BCUT2D eigenvalue weighted by molar-refractivity contribution is 5.56. The number of rotatable bonds is 4. The fourth-order valence-corrected chi connectivity index (χ4v) is 1.19. The summed E-state index contributed by atoms with van der Waals surface area (Å²) in [7, 11) is 1.66. The molecule has 1 unspecified atom stereocenters. The van der Waals surface area contributed by atoms with Gasteiger partial charge in [0.1, 0.15) is 0 Å². The number of aromatic nitrogens is 1. The van der Waals surface area contributed by atoms with Gasteiger partial charge in [-0.2, -0.15) is 0 Å². The molecular formula is C11H18N2O. The van der Waals surface area contributed by atoms with E-state index in [4.69, 9.17) is 4.74 Å². The second kappa shape index (κ2) is 4.84. The average Bonchev–Trinajstić information content (AvgIpc) is 2.18. The maximum atomic E-state index is 5.22. The van der Waals surface area contributed by atoms with Crippen molar-refractivity contribution in [1.82, 2.24) is 4.98 Å². The van der Waals surface area contributed by atoms with Crippen molar-refractivity contribution in [2.75, 3.05) is 12.4 Å². The summed E-state index contributed by atoms with van der Waals surface area (Å²) in [5.41, 5.74) is 2.02. The van der Waals surface area contributed by atoms with E-state index in [-0.39, 0.29) is 0 Å². The van der Waals surface area contributed by atoms with Gasteiger partial charge < -0.3 is 10.1 Å². The van der Waals surface area contributed by atoms with E-state index in [1.54, 1.807) is 13.3 Å². The molecule has 0 aromatic carbocycles. The van der Waals surface area contributed by atoms with E-state index in [1.807, 2.05) is 13.0 Å². The largest absolute Gasteiger partial charge is 0.493 e. The van der Waals surface area contributed by atoms with E-state index in [0.717, 1.165) is 23.6 Å². The van der Waals surface area contributed by atoms with Gasteiger partial charge >= 0.3 is 0 Å². The zero-order chi connectivity index (χ0) is 10.6. The molecule has 1 aromatic heterocycles. The molecule has 3 nitrogen and oxygen atoms in total. The molecule has 1 aromatic rings. The molecule has 0 bridgehead atoms. The van der Waals surface area contributed by atoms with Crippen molar-refractivity contribution >= 4 is 5.69 Å². The molecule has 0 saturated carbocycles. The molecule has 0 aliphatic heterocycles. The number of hydrogen-bond acceptors (Lipinski definition) is 3. The predicted octanol–water partition coefficient (Wildman–Crippen LogP) is 2.61. The van der Waals surface area contributed by atoms with Gasteiger partial charge in [0.25, 0.3) is 0 Å². The van der Waals surface area contributed by atoms with E-state index in [9.17, 15) is 0 Å². The second-order valence-corrected chi connectivity index (χ2v) is 3.48. The Morgan fingerprint density at radius 2 is 2.29 bits per heavy atom. The van der Waals surface area contributed by atoms with Crippen LogP contribution in [-0.2, 0) is 0 Å². The van der Waals surface area contributed by atoms with Gasteiger partial charge in [-0.1, -0.05) is 6.92 Å². The molecule has 1 atom stereocenters. The Bertz CT molecular complexity index is 299. The third kappa shape index (κ3) is 2.62. The van der Waals surface area contributed by atoms with E-state index in [2.05, 4.69) is 24.1 Å². The van der Waals surface area contributed by atoms with Crippen LogP contribution in [0.4, 0.5) is 5.69 Å². The van der Waals surface area contributed by atoms with Crippen LogP contribution in [0.15, 0.2) is 12.3 Å². The molecule has 1 rings (SSSR count). The summed E-state index contributed by atoms with van der Waals surface area (Å²) in [6, 6.07) is 2.45. The Morgan fingerprint density at radius 3 is 2.86 bits per heavy atom. The van der Waals surface area contributed by atoms with Gasteiger partial charge in [-0.25, -0.2) is 0 Å². The third-order valence-electron chi connectivity index (χ3n) is 2.24. The maximum Gasteiger partial charge on any atom is 0.160 e. The standard InChI is InChI=1S/C11H18N2O/c1-5-8(2)13-10-6-9(3)12-7-11(10)14-4/h6-8H,5H2,1-4H3,(H,12,13). The number of nitrogens with one attached hydrogen (secondary N) is 1. The van der Waals surface area contributed by atoms with Gasteiger partial charge in [-0.15, -0.1) is 0 Å². The molecule has 0 radical (unpaired) electrons. The summed E-state index contributed by atoms with van der Waals surface area (Å²) in [4.78, 5) is 4.18. The molecule has 0 amide bonds. The van der Waals surface area contributed by atoms with Crippen LogP contribution in [0, 0.1) is 6.92 Å². The highest BCUT2D eigenvalue weighted by Gasteiger charge is 2.05. The first-order chi connectivity index (χ1) is 6.67. The van der Waals surface area contributed by atoms with Crippen molar-refractivity contribution in [2.24, 2.45) is 0 Å². The molecule has 78 valence electrons. The van der Waals surface area contributed by atoms with E-state index in [0.29, 0.717) is 6.04 Å². The lowest BCUT2D eigenvalue weighted by atomic mass is 10.2. The first-order valence-corrected chi connectivity index (χ1v) is 4.94. The number of hydrogen-bond donors (Lipinski definition) is 1. The lowest BCUT2D eigenvalue weighted by molar-refractivity contribution is 0.414. The molecule has 1 heterocycles. The summed E-state index contributed by atoms with van der Waals surface area (Å²) >= 11 is 0. The summed E-state index contributed by atoms with van der Waals surface area (Å²) in [5, 5.41) is 3.39. The molecule has 0 aliphatic carbocycles. The summed E-state index contributed by atoms with van der Waals surface area (Å²) in [6.07, 6.45) is 2.84. The topological polar surface area (TPSA) is 34.2 Å². The van der Waals surface area contributed by atoms with Gasteiger partial charge in [0.2, 0.25) is 0 Å². The third-order valence-corrected chi connectivity index (χ3v) is 2.24. The van der Waals surface area contributed by atoms with E-state index < -0.39 is 0 Å². The number of anilines is 1. The van der Waals surface area contributed by atoms with Gasteiger partial charge in [-0.05, 0) is 26.3 Å². The quantitative estimate of drug-likeness (QED) is 0.800. The molecule has 0 spiro atoms. The summed E-state index contributed by atoms with van der Waals surface area (Å²) in [6.45, 7) is 6.27. The second-order valence-electron chi connectivity index (χ2n) is 3.48. The Kier molecular flexibility index (Phi) is 3.74. The van der Waals surface area contributed by atoms with Crippen molar-refractivity contribution in [2.45, 2.75) is 33.2 Å². The number of pyridine rings is 1. The molecular weight excluding hydrogens is 176 g/mol. The minimum absolute atomic E-state index is 0.450. The number of aryl methyl sites for hydroxylation is 1. The number of methoxy groups -OCH3 is 1. The minimum atomic E-state index is 0.450. The van der Waals surface area contributed by atoms with Gasteiger partial charge in [0, 0.05) is 11.7 Å². The summed E-state index contributed by atoms with van der Waals surface area (Å²) in [5.74, 6) is 0.802. The van der Waals surface area contributed by atoms with Crippen LogP contribution in [0.1, 0.15) is 26.0 Å². The fourth-order valence-electron chi connectivity index (χ4n) is 1.19. The lowest BCUT2D eigenvalue weighted by Gasteiger charge is -2.15. The van der Waals surface area contributed by atoms with Crippen molar-refractivity contribution in [1.29, 1.82) is 0 Å². The molecule has 0 saturated heterocycles. The van der Waals surface area contributed by atoms with Crippen molar-refractivity contribution in [3.8, 4) is 5.75 Å².